The molecule has 0 unspecified atom stereocenters. The standard InChI is InChI=1S/C14H20ClNO6S/c1-14(2,6-5-13(17)18)16-23(19,20)12-7-9(15)10(21-3)8-11(12)22-4/h7-8,16H,5-6H2,1-4H3,(H,17,18). The largest absolute Gasteiger partial charge is 0.495 e. The van der Waals surface area contributed by atoms with Crippen LogP contribution >= 0.6 is 11.6 Å². The average molecular weight is 366 g/mol. The van der Waals surface area contributed by atoms with E-state index in [4.69, 9.17) is 26.2 Å². The van der Waals surface area contributed by atoms with Gasteiger partial charge in [0.25, 0.3) is 0 Å². The van der Waals surface area contributed by atoms with Crippen molar-refractivity contribution in [3.8, 4) is 11.5 Å². The number of nitrogens with one attached hydrogen (secondary N) is 1. The van der Waals surface area contributed by atoms with Crippen LogP contribution in [0.1, 0.15) is 26.7 Å². The normalized spacial score (nSPS) is 12.0. The SMILES string of the molecule is COc1cc(OC)c(S(=O)(=O)NC(C)(C)CCC(=O)O)cc1Cl. The molecular weight excluding hydrogens is 346 g/mol. The molecule has 0 radical (unpaired) electrons. The Kier molecular flexibility index (Phi) is 6.26. The minimum Gasteiger partial charge on any atom is -0.495 e. The molecule has 0 aliphatic rings. The number of sulfonamides is 1. The topological polar surface area (TPSA) is 102 Å². The van der Waals surface area contributed by atoms with Gasteiger partial charge in [0.1, 0.15) is 16.4 Å². The van der Waals surface area contributed by atoms with Gasteiger partial charge in [0.05, 0.1) is 19.2 Å². The second-order valence-corrected chi connectivity index (χ2v) is 7.58. The van der Waals surface area contributed by atoms with E-state index >= 15 is 0 Å². The lowest BCUT2D eigenvalue weighted by atomic mass is 10.0. The van der Waals surface area contributed by atoms with Crippen LogP contribution in [0, 0.1) is 0 Å². The molecule has 0 bridgehead atoms. The van der Waals surface area contributed by atoms with E-state index in [9.17, 15) is 13.2 Å². The van der Waals surface area contributed by atoms with E-state index in [2.05, 4.69) is 4.72 Å². The molecule has 0 spiro atoms. The van der Waals surface area contributed by atoms with Gasteiger partial charge in [0.15, 0.2) is 0 Å². The fraction of sp³-hybridized carbons (Fsp3) is 0.500. The monoisotopic (exact) mass is 365 g/mol. The van der Waals surface area contributed by atoms with Gasteiger partial charge in [-0.25, -0.2) is 13.1 Å². The Morgan fingerprint density at radius 3 is 2.30 bits per heavy atom. The van der Waals surface area contributed by atoms with Crippen LogP contribution in [0.3, 0.4) is 0 Å². The molecular formula is C14H20ClNO6S. The number of hydrogen-bond acceptors (Lipinski definition) is 5. The number of methoxy groups -OCH3 is 2. The van der Waals surface area contributed by atoms with Gasteiger partial charge < -0.3 is 14.6 Å². The predicted octanol–water partition coefficient (Wildman–Crippen LogP) is 2.28. The Morgan fingerprint density at radius 2 is 1.83 bits per heavy atom. The van der Waals surface area contributed by atoms with Gasteiger partial charge >= 0.3 is 5.97 Å². The van der Waals surface area contributed by atoms with E-state index in [0.717, 1.165) is 0 Å². The zero-order valence-electron chi connectivity index (χ0n) is 13.3. The summed E-state index contributed by atoms with van der Waals surface area (Å²) in [5.74, 6) is -0.636. The summed E-state index contributed by atoms with van der Waals surface area (Å²) >= 11 is 5.99. The van der Waals surface area contributed by atoms with Crippen LogP contribution in [0.4, 0.5) is 0 Å². The van der Waals surface area contributed by atoms with Crippen molar-refractivity contribution in [3.05, 3.63) is 17.2 Å². The Balaban J connectivity index is 3.18. The number of carbonyl (C=O) groups is 1. The van der Waals surface area contributed by atoms with Crippen molar-refractivity contribution >= 4 is 27.6 Å². The molecule has 2 N–H and O–H groups in total. The fourth-order valence-corrected chi connectivity index (χ4v) is 3.86. The first kappa shape index (κ1) is 19.5. The van der Waals surface area contributed by atoms with Crippen molar-refractivity contribution in [1.82, 2.24) is 4.72 Å². The smallest absolute Gasteiger partial charge is 0.303 e. The number of halogens is 1. The highest BCUT2D eigenvalue weighted by atomic mass is 35.5. The molecule has 0 aliphatic heterocycles. The van der Waals surface area contributed by atoms with Gasteiger partial charge in [0.2, 0.25) is 10.0 Å². The van der Waals surface area contributed by atoms with Gasteiger partial charge in [-0.1, -0.05) is 11.6 Å². The maximum atomic E-state index is 12.6. The summed E-state index contributed by atoms with van der Waals surface area (Å²) in [5, 5.41) is 8.86. The van der Waals surface area contributed by atoms with Crippen LogP contribution in [0.2, 0.25) is 5.02 Å². The number of aliphatic carboxylic acids is 1. The van der Waals surface area contributed by atoms with E-state index in [-0.39, 0.29) is 34.3 Å². The zero-order chi connectivity index (χ0) is 17.8. The quantitative estimate of drug-likeness (QED) is 0.732. The van der Waals surface area contributed by atoms with E-state index in [1.54, 1.807) is 13.8 Å². The van der Waals surface area contributed by atoms with Crippen molar-refractivity contribution in [3.63, 3.8) is 0 Å². The molecule has 0 saturated carbocycles. The van der Waals surface area contributed by atoms with Crippen molar-refractivity contribution in [2.45, 2.75) is 37.1 Å². The summed E-state index contributed by atoms with van der Waals surface area (Å²) in [6.07, 6.45) is -0.0240. The second kappa shape index (κ2) is 7.37. The van der Waals surface area contributed by atoms with E-state index in [0.29, 0.717) is 0 Å². The summed E-state index contributed by atoms with van der Waals surface area (Å²) in [5.41, 5.74) is -0.950. The van der Waals surface area contributed by atoms with Crippen LogP contribution in [0.15, 0.2) is 17.0 Å². The molecule has 0 saturated heterocycles. The number of carboxylic acid groups (broad SMARTS) is 1. The highest BCUT2D eigenvalue weighted by molar-refractivity contribution is 7.89. The average Bonchev–Trinajstić information content (AvgIpc) is 2.44. The fourth-order valence-electron chi connectivity index (χ4n) is 1.93. The molecule has 1 rings (SSSR count). The lowest BCUT2D eigenvalue weighted by molar-refractivity contribution is -0.137. The number of benzene rings is 1. The predicted molar refractivity (Wildman–Crippen MR) is 85.8 cm³/mol. The summed E-state index contributed by atoms with van der Waals surface area (Å²) in [6.45, 7) is 3.20. The van der Waals surface area contributed by atoms with Crippen molar-refractivity contribution in [1.29, 1.82) is 0 Å². The van der Waals surface area contributed by atoms with Crippen LogP contribution in [-0.2, 0) is 14.8 Å². The first-order valence-electron chi connectivity index (χ1n) is 6.69. The van der Waals surface area contributed by atoms with E-state index < -0.39 is 21.5 Å². The van der Waals surface area contributed by atoms with E-state index in [1.807, 2.05) is 0 Å². The van der Waals surface area contributed by atoms with Gasteiger partial charge in [-0.05, 0) is 26.3 Å². The van der Waals surface area contributed by atoms with Crippen molar-refractivity contribution < 1.29 is 27.8 Å². The first-order valence-corrected chi connectivity index (χ1v) is 8.56. The Labute approximate surface area is 140 Å². The summed E-state index contributed by atoms with van der Waals surface area (Å²) in [7, 11) is -1.23. The lowest BCUT2D eigenvalue weighted by Gasteiger charge is -2.26. The molecule has 0 heterocycles. The number of hydrogen-bond donors (Lipinski definition) is 2. The van der Waals surface area contributed by atoms with Crippen LogP contribution in [0.5, 0.6) is 11.5 Å². The van der Waals surface area contributed by atoms with E-state index in [1.165, 1.54) is 26.4 Å². The molecule has 0 aliphatic carbocycles. The third kappa shape index (κ3) is 5.26. The molecule has 0 fully saturated rings. The highest BCUT2D eigenvalue weighted by Crippen LogP contribution is 2.35. The van der Waals surface area contributed by atoms with Gasteiger partial charge in [-0.3, -0.25) is 4.79 Å². The Bertz CT molecular complexity index is 687. The molecule has 7 nitrogen and oxygen atoms in total. The Morgan fingerprint density at radius 1 is 1.26 bits per heavy atom. The highest BCUT2D eigenvalue weighted by Gasteiger charge is 2.29. The van der Waals surface area contributed by atoms with Crippen molar-refractivity contribution in [2.75, 3.05) is 14.2 Å². The maximum Gasteiger partial charge on any atom is 0.303 e. The number of ether oxygens (including phenoxy) is 2. The van der Waals surface area contributed by atoms with Gasteiger partial charge in [0, 0.05) is 18.0 Å². The van der Waals surface area contributed by atoms with Crippen LogP contribution < -0.4 is 14.2 Å². The molecule has 23 heavy (non-hydrogen) atoms. The zero-order valence-corrected chi connectivity index (χ0v) is 14.9. The molecule has 9 heteroatoms. The number of rotatable bonds is 8. The van der Waals surface area contributed by atoms with Crippen molar-refractivity contribution in [2.24, 2.45) is 0 Å². The summed E-state index contributed by atoms with van der Waals surface area (Å²) in [4.78, 5) is 10.5. The molecule has 0 amide bonds. The molecule has 0 aromatic heterocycles. The molecule has 130 valence electrons. The maximum absolute atomic E-state index is 12.6. The minimum absolute atomic E-state index is 0.0767. The third-order valence-electron chi connectivity index (χ3n) is 3.10. The second-order valence-electron chi connectivity index (χ2n) is 5.52. The number of carboxylic acids is 1. The third-order valence-corrected chi connectivity index (χ3v) is 5.12. The first-order chi connectivity index (χ1) is 10.5. The lowest BCUT2D eigenvalue weighted by Crippen LogP contribution is -2.43. The summed E-state index contributed by atoms with van der Waals surface area (Å²) < 4.78 is 37.8. The molecule has 1 aromatic carbocycles. The minimum atomic E-state index is -3.96. The van der Waals surface area contributed by atoms with Gasteiger partial charge in [-0.15, -0.1) is 0 Å². The molecule has 0 atom stereocenters. The van der Waals surface area contributed by atoms with Gasteiger partial charge in [-0.2, -0.15) is 0 Å². The van der Waals surface area contributed by atoms with Crippen LogP contribution in [-0.4, -0.2) is 39.3 Å². The Hall–Kier alpha value is -1.51. The van der Waals surface area contributed by atoms with Crippen LogP contribution in [0.25, 0.3) is 0 Å². The molecule has 1 aromatic rings. The summed E-state index contributed by atoms with van der Waals surface area (Å²) in [6, 6.07) is 2.61.